The molecule has 1 aliphatic rings. The van der Waals surface area contributed by atoms with Gasteiger partial charge in [-0.25, -0.2) is 0 Å². The molecule has 94 valence electrons. The van der Waals surface area contributed by atoms with E-state index in [1.807, 2.05) is 12.1 Å². The van der Waals surface area contributed by atoms with Crippen LogP contribution < -0.4 is 5.32 Å². The van der Waals surface area contributed by atoms with Crippen LogP contribution in [0.5, 0.6) is 0 Å². The van der Waals surface area contributed by atoms with Crippen LogP contribution in [0.2, 0.25) is 5.02 Å². The third kappa shape index (κ3) is 4.30. The zero-order valence-corrected chi connectivity index (χ0v) is 11.2. The van der Waals surface area contributed by atoms with E-state index in [-0.39, 0.29) is 0 Å². The van der Waals surface area contributed by atoms with Crippen molar-refractivity contribution in [2.75, 3.05) is 26.7 Å². The molecule has 0 aromatic heterocycles. The predicted molar refractivity (Wildman–Crippen MR) is 73.4 cm³/mol. The van der Waals surface area contributed by atoms with E-state index < -0.39 is 0 Å². The molecule has 2 nitrogen and oxygen atoms in total. The number of halogens is 1. The SMILES string of the molecule is CN(Cc1ccc(Cl)cc1)CC1CCCNC1. The van der Waals surface area contributed by atoms with Crippen LogP contribution in [0.3, 0.4) is 0 Å². The van der Waals surface area contributed by atoms with Crippen molar-refractivity contribution < 1.29 is 0 Å². The number of nitrogens with zero attached hydrogens (tertiary/aromatic N) is 1. The molecule has 1 aliphatic heterocycles. The summed E-state index contributed by atoms with van der Waals surface area (Å²) in [6, 6.07) is 8.15. The van der Waals surface area contributed by atoms with Crippen molar-refractivity contribution in [2.45, 2.75) is 19.4 Å². The minimum Gasteiger partial charge on any atom is -0.316 e. The van der Waals surface area contributed by atoms with E-state index in [2.05, 4.69) is 29.4 Å². The maximum absolute atomic E-state index is 5.88. The van der Waals surface area contributed by atoms with E-state index >= 15 is 0 Å². The Bertz CT molecular complexity index is 331. The van der Waals surface area contributed by atoms with Gasteiger partial charge >= 0.3 is 0 Å². The molecule has 1 aromatic rings. The van der Waals surface area contributed by atoms with Crippen molar-refractivity contribution in [1.82, 2.24) is 10.2 Å². The number of nitrogens with one attached hydrogen (secondary N) is 1. The van der Waals surface area contributed by atoms with E-state index in [0.717, 1.165) is 17.5 Å². The first-order valence-electron chi connectivity index (χ1n) is 6.38. The second-order valence-corrected chi connectivity index (χ2v) is 5.47. The first-order chi connectivity index (χ1) is 8.24. The molecule has 1 aromatic carbocycles. The molecule has 1 heterocycles. The van der Waals surface area contributed by atoms with Crippen LogP contribution in [0.25, 0.3) is 0 Å². The van der Waals surface area contributed by atoms with Crippen LogP contribution in [-0.2, 0) is 6.54 Å². The standard InChI is InChI=1S/C14H21ClN2/c1-17(11-13-3-2-8-16-9-13)10-12-4-6-14(15)7-5-12/h4-7,13,16H,2-3,8-11H2,1H3. The summed E-state index contributed by atoms with van der Waals surface area (Å²) < 4.78 is 0. The van der Waals surface area contributed by atoms with Crippen LogP contribution in [0.15, 0.2) is 24.3 Å². The molecule has 2 rings (SSSR count). The highest BCUT2D eigenvalue weighted by molar-refractivity contribution is 6.30. The van der Waals surface area contributed by atoms with E-state index in [1.54, 1.807) is 0 Å². The van der Waals surface area contributed by atoms with Crippen LogP contribution in [0, 0.1) is 5.92 Å². The van der Waals surface area contributed by atoms with Gasteiger partial charge in [0.05, 0.1) is 0 Å². The van der Waals surface area contributed by atoms with Gasteiger partial charge in [0.2, 0.25) is 0 Å². The lowest BCUT2D eigenvalue weighted by Crippen LogP contribution is -2.36. The zero-order valence-electron chi connectivity index (χ0n) is 10.5. The molecular formula is C14H21ClN2. The third-order valence-corrected chi connectivity index (χ3v) is 3.59. The van der Waals surface area contributed by atoms with Gasteiger partial charge in [-0.15, -0.1) is 0 Å². The smallest absolute Gasteiger partial charge is 0.0406 e. The van der Waals surface area contributed by atoms with Crippen molar-refractivity contribution in [1.29, 1.82) is 0 Å². The van der Waals surface area contributed by atoms with Crippen LogP contribution in [0.1, 0.15) is 18.4 Å². The van der Waals surface area contributed by atoms with Crippen LogP contribution in [-0.4, -0.2) is 31.6 Å². The van der Waals surface area contributed by atoms with Gasteiger partial charge in [-0.3, -0.25) is 0 Å². The van der Waals surface area contributed by atoms with E-state index in [9.17, 15) is 0 Å². The van der Waals surface area contributed by atoms with Gasteiger partial charge in [-0.1, -0.05) is 23.7 Å². The van der Waals surface area contributed by atoms with Gasteiger partial charge in [0.25, 0.3) is 0 Å². The van der Waals surface area contributed by atoms with Crippen LogP contribution >= 0.6 is 11.6 Å². The van der Waals surface area contributed by atoms with Crippen molar-refractivity contribution in [3.05, 3.63) is 34.9 Å². The summed E-state index contributed by atoms with van der Waals surface area (Å²) in [5.74, 6) is 0.807. The lowest BCUT2D eigenvalue weighted by Gasteiger charge is -2.27. The van der Waals surface area contributed by atoms with Gasteiger partial charge in [-0.2, -0.15) is 0 Å². The summed E-state index contributed by atoms with van der Waals surface area (Å²) in [6.45, 7) is 4.55. The van der Waals surface area contributed by atoms with Gasteiger partial charge in [0.1, 0.15) is 0 Å². The molecule has 0 radical (unpaired) electrons. The maximum atomic E-state index is 5.88. The molecule has 0 spiro atoms. The fourth-order valence-electron chi connectivity index (χ4n) is 2.49. The summed E-state index contributed by atoms with van der Waals surface area (Å²) in [5.41, 5.74) is 1.33. The molecule has 3 heteroatoms. The lowest BCUT2D eigenvalue weighted by molar-refractivity contribution is 0.237. The average Bonchev–Trinajstić information content (AvgIpc) is 2.33. The average molecular weight is 253 g/mol. The van der Waals surface area contributed by atoms with Crippen molar-refractivity contribution in [2.24, 2.45) is 5.92 Å². The Balaban J connectivity index is 1.79. The summed E-state index contributed by atoms with van der Waals surface area (Å²) >= 11 is 5.88. The second kappa shape index (κ2) is 6.39. The van der Waals surface area contributed by atoms with Crippen LogP contribution in [0.4, 0.5) is 0 Å². The molecule has 0 bridgehead atoms. The quantitative estimate of drug-likeness (QED) is 0.887. The predicted octanol–water partition coefficient (Wildman–Crippen LogP) is 2.77. The molecule has 0 aliphatic carbocycles. The molecule has 1 unspecified atom stereocenters. The van der Waals surface area contributed by atoms with Crippen molar-refractivity contribution >= 4 is 11.6 Å². The number of hydrogen-bond donors (Lipinski definition) is 1. The number of benzene rings is 1. The fraction of sp³-hybridized carbons (Fsp3) is 0.571. The second-order valence-electron chi connectivity index (χ2n) is 5.04. The molecule has 1 saturated heterocycles. The Morgan fingerprint density at radius 1 is 1.35 bits per heavy atom. The number of rotatable bonds is 4. The van der Waals surface area contributed by atoms with Gasteiger partial charge in [0, 0.05) is 18.1 Å². The van der Waals surface area contributed by atoms with E-state index in [1.165, 1.54) is 38.0 Å². The molecular weight excluding hydrogens is 232 g/mol. The summed E-state index contributed by atoms with van der Waals surface area (Å²) in [7, 11) is 2.20. The molecule has 17 heavy (non-hydrogen) atoms. The van der Waals surface area contributed by atoms with Crippen molar-refractivity contribution in [3.63, 3.8) is 0 Å². The van der Waals surface area contributed by atoms with Gasteiger partial charge in [0.15, 0.2) is 0 Å². The number of hydrogen-bond acceptors (Lipinski definition) is 2. The molecule has 0 amide bonds. The molecule has 0 saturated carbocycles. The Hall–Kier alpha value is -0.570. The van der Waals surface area contributed by atoms with E-state index in [0.29, 0.717) is 0 Å². The minimum atomic E-state index is 0.807. The Morgan fingerprint density at radius 3 is 2.76 bits per heavy atom. The Kier molecular flexibility index (Phi) is 4.84. The Labute approximate surface area is 109 Å². The number of piperidine rings is 1. The first-order valence-corrected chi connectivity index (χ1v) is 6.75. The maximum Gasteiger partial charge on any atom is 0.0406 e. The monoisotopic (exact) mass is 252 g/mol. The highest BCUT2D eigenvalue weighted by atomic mass is 35.5. The zero-order chi connectivity index (χ0) is 12.1. The van der Waals surface area contributed by atoms with E-state index in [4.69, 9.17) is 11.6 Å². The highest BCUT2D eigenvalue weighted by Gasteiger charge is 2.14. The lowest BCUT2D eigenvalue weighted by atomic mass is 9.99. The van der Waals surface area contributed by atoms with Gasteiger partial charge < -0.3 is 10.2 Å². The third-order valence-electron chi connectivity index (χ3n) is 3.33. The Morgan fingerprint density at radius 2 is 2.12 bits per heavy atom. The topological polar surface area (TPSA) is 15.3 Å². The summed E-state index contributed by atoms with van der Waals surface area (Å²) in [5, 5.41) is 4.28. The fourth-order valence-corrected chi connectivity index (χ4v) is 2.61. The first kappa shape index (κ1) is 12.9. The largest absolute Gasteiger partial charge is 0.316 e. The highest BCUT2D eigenvalue weighted by Crippen LogP contribution is 2.14. The molecule has 1 atom stereocenters. The molecule has 1 N–H and O–H groups in total. The minimum absolute atomic E-state index is 0.807. The summed E-state index contributed by atoms with van der Waals surface area (Å²) in [6.07, 6.45) is 2.68. The van der Waals surface area contributed by atoms with Gasteiger partial charge in [-0.05, 0) is 56.6 Å². The van der Waals surface area contributed by atoms with Crippen molar-refractivity contribution in [3.8, 4) is 0 Å². The normalized spacial score (nSPS) is 20.8. The summed E-state index contributed by atoms with van der Waals surface area (Å²) in [4.78, 5) is 2.40. The molecule has 1 fully saturated rings.